The molecule has 0 bridgehead atoms. The summed E-state index contributed by atoms with van der Waals surface area (Å²) < 4.78 is 24.4. The van der Waals surface area contributed by atoms with Crippen LogP contribution in [-0.2, 0) is 11.3 Å². The molecule has 2 N–H and O–H groups in total. The summed E-state index contributed by atoms with van der Waals surface area (Å²) in [6.07, 6.45) is 2.54. The second-order valence-electron chi connectivity index (χ2n) is 5.70. The molecule has 0 saturated heterocycles. The molecule has 1 aromatic carbocycles. The van der Waals surface area contributed by atoms with Gasteiger partial charge in [0.2, 0.25) is 5.88 Å². The van der Waals surface area contributed by atoms with Crippen molar-refractivity contribution >= 4 is 29.9 Å². The minimum atomic E-state index is -0.353. The molecule has 8 heteroatoms. The molecule has 0 saturated carbocycles. The number of aliphatic imine (C=N–C) groups is 1. The number of hydrogen-bond acceptors (Lipinski definition) is 4. The van der Waals surface area contributed by atoms with Gasteiger partial charge >= 0.3 is 0 Å². The van der Waals surface area contributed by atoms with Gasteiger partial charge in [0, 0.05) is 44.1 Å². The van der Waals surface area contributed by atoms with E-state index in [9.17, 15) is 4.39 Å². The predicted molar refractivity (Wildman–Crippen MR) is 120 cm³/mol. The first-order valence-electron chi connectivity index (χ1n) is 9.20. The lowest BCUT2D eigenvalue weighted by Crippen LogP contribution is -2.38. The van der Waals surface area contributed by atoms with Crippen LogP contribution in [0.3, 0.4) is 0 Å². The molecule has 0 aliphatic heterocycles. The summed E-state index contributed by atoms with van der Waals surface area (Å²) in [7, 11) is 0. The number of nitrogens with zero attached hydrogens (tertiary/aromatic N) is 2. The van der Waals surface area contributed by atoms with E-state index in [-0.39, 0.29) is 29.8 Å². The van der Waals surface area contributed by atoms with Gasteiger partial charge in [-0.15, -0.1) is 24.0 Å². The summed E-state index contributed by atoms with van der Waals surface area (Å²) in [4.78, 5) is 8.83. The Labute approximate surface area is 183 Å². The molecule has 0 atom stereocenters. The van der Waals surface area contributed by atoms with Crippen molar-refractivity contribution in [1.82, 2.24) is 15.6 Å². The Morgan fingerprint density at radius 1 is 1.18 bits per heavy atom. The number of hydrogen-bond donors (Lipinski definition) is 2. The fraction of sp³-hybridized carbons (Fsp3) is 0.400. The highest BCUT2D eigenvalue weighted by Crippen LogP contribution is 2.23. The van der Waals surface area contributed by atoms with Crippen LogP contribution in [0.4, 0.5) is 4.39 Å². The molecule has 0 aliphatic rings. The Bertz CT molecular complexity index is 731. The van der Waals surface area contributed by atoms with Gasteiger partial charge in [0.25, 0.3) is 0 Å². The summed E-state index contributed by atoms with van der Waals surface area (Å²) in [6, 6.07) is 9.70. The van der Waals surface area contributed by atoms with Crippen molar-refractivity contribution in [3.63, 3.8) is 0 Å². The minimum absolute atomic E-state index is 0. The molecule has 0 amide bonds. The molecule has 28 heavy (non-hydrogen) atoms. The first-order valence-corrected chi connectivity index (χ1v) is 9.20. The number of aromatic nitrogens is 1. The lowest BCUT2D eigenvalue weighted by Gasteiger charge is -2.12. The third-order valence-corrected chi connectivity index (χ3v) is 3.57. The summed E-state index contributed by atoms with van der Waals surface area (Å²) in [5.74, 6) is 1.18. The summed E-state index contributed by atoms with van der Waals surface area (Å²) in [5.41, 5.74) is 0.813. The second-order valence-corrected chi connectivity index (χ2v) is 5.70. The van der Waals surface area contributed by atoms with Gasteiger partial charge in [-0.05, 0) is 38.5 Å². The molecule has 0 unspecified atom stereocenters. The molecular formula is C20H28FIN4O2. The number of guanidine groups is 1. The number of rotatable bonds is 10. The van der Waals surface area contributed by atoms with Crippen molar-refractivity contribution in [2.75, 3.05) is 26.3 Å². The topological polar surface area (TPSA) is 67.8 Å². The molecule has 2 aromatic rings. The van der Waals surface area contributed by atoms with Crippen molar-refractivity contribution < 1.29 is 13.9 Å². The van der Waals surface area contributed by atoms with E-state index in [1.54, 1.807) is 18.3 Å². The average Bonchev–Trinajstić information content (AvgIpc) is 2.67. The van der Waals surface area contributed by atoms with Crippen LogP contribution < -0.4 is 15.4 Å². The van der Waals surface area contributed by atoms with Crippen LogP contribution in [0.25, 0.3) is 0 Å². The van der Waals surface area contributed by atoms with Gasteiger partial charge in [-0.1, -0.05) is 12.1 Å². The third-order valence-electron chi connectivity index (χ3n) is 3.57. The summed E-state index contributed by atoms with van der Waals surface area (Å²) in [6.45, 7) is 7.36. The molecular weight excluding hydrogens is 474 g/mol. The Morgan fingerprint density at radius 2 is 2.04 bits per heavy atom. The first-order chi connectivity index (χ1) is 13.2. The van der Waals surface area contributed by atoms with E-state index in [1.807, 2.05) is 26.0 Å². The van der Waals surface area contributed by atoms with Gasteiger partial charge in [-0.2, -0.15) is 0 Å². The Kier molecular flexibility index (Phi) is 12.1. The van der Waals surface area contributed by atoms with Gasteiger partial charge in [0.1, 0.15) is 11.6 Å². The van der Waals surface area contributed by atoms with E-state index in [4.69, 9.17) is 9.47 Å². The van der Waals surface area contributed by atoms with E-state index < -0.39 is 0 Å². The molecule has 1 aromatic heterocycles. The van der Waals surface area contributed by atoms with Crippen molar-refractivity contribution in [2.24, 2.45) is 4.99 Å². The lowest BCUT2D eigenvalue weighted by atomic mass is 10.2. The summed E-state index contributed by atoms with van der Waals surface area (Å²) >= 11 is 0. The number of nitrogens with one attached hydrogen (secondary N) is 2. The van der Waals surface area contributed by atoms with E-state index in [0.29, 0.717) is 18.2 Å². The molecule has 0 radical (unpaired) electrons. The molecule has 0 spiro atoms. The Hall–Kier alpha value is -1.94. The largest absolute Gasteiger partial charge is 0.439 e. The average molecular weight is 502 g/mol. The highest BCUT2D eigenvalue weighted by atomic mass is 127. The van der Waals surface area contributed by atoms with Gasteiger partial charge in [-0.3, -0.25) is 0 Å². The SMILES string of the molecule is CCNC(=NCc1cccnc1Oc1cccc(F)c1)NCCCOCC.I. The standard InChI is InChI=1S/C20H27FN4O2.HI/c1-3-22-20(24-12-7-13-26-4-2)25-15-16-8-6-11-23-19(16)27-18-10-5-9-17(21)14-18;/h5-6,8-11,14H,3-4,7,12-13,15H2,1-2H3,(H2,22,24,25);1H. The van der Waals surface area contributed by atoms with Crippen LogP contribution >= 0.6 is 24.0 Å². The Morgan fingerprint density at radius 3 is 2.79 bits per heavy atom. The van der Waals surface area contributed by atoms with Crippen molar-refractivity contribution in [3.05, 3.63) is 54.0 Å². The van der Waals surface area contributed by atoms with Crippen molar-refractivity contribution in [1.29, 1.82) is 0 Å². The number of benzene rings is 1. The molecule has 6 nitrogen and oxygen atoms in total. The maximum absolute atomic E-state index is 13.4. The van der Waals surface area contributed by atoms with Crippen LogP contribution in [0.15, 0.2) is 47.6 Å². The molecule has 1 heterocycles. The zero-order valence-electron chi connectivity index (χ0n) is 16.3. The van der Waals surface area contributed by atoms with E-state index in [0.717, 1.165) is 44.2 Å². The highest BCUT2D eigenvalue weighted by molar-refractivity contribution is 14.0. The van der Waals surface area contributed by atoms with Crippen molar-refractivity contribution in [3.8, 4) is 11.6 Å². The van der Waals surface area contributed by atoms with Gasteiger partial charge < -0.3 is 20.1 Å². The molecule has 0 aliphatic carbocycles. The van der Waals surface area contributed by atoms with Crippen LogP contribution in [0.1, 0.15) is 25.8 Å². The number of halogens is 2. The van der Waals surface area contributed by atoms with Gasteiger partial charge in [-0.25, -0.2) is 14.4 Å². The predicted octanol–water partition coefficient (Wildman–Crippen LogP) is 4.11. The quantitative estimate of drug-likeness (QED) is 0.222. The van der Waals surface area contributed by atoms with Crippen LogP contribution in [-0.4, -0.2) is 37.2 Å². The molecule has 2 rings (SSSR count). The first kappa shape index (κ1) is 24.1. The number of pyridine rings is 1. The zero-order chi connectivity index (χ0) is 19.3. The second kappa shape index (κ2) is 14.1. The number of ether oxygens (including phenoxy) is 2. The van der Waals surface area contributed by atoms with Crippen LogP contribution in [0.2, 0.25) is 0 Å². The molecule has 0 fully saturated rings. The van der Waals surface area contributed by atoms with E-state index >= 15 is 0 Å². The van der Waals surface area contributed by atoms with Gasteiger partial charge in [0.15, 0.2) is 5.96 Å². The fourth-order valence-corrected chi connectivity index (χ4v) is 2.31. The normalized spacial score (nSPS) is 10.9. The van der Waals surface area contributed by atoms with Crippen LogP contribution in [0.5, 0.6) is 11.6 Å². The maximum Gasteiger partial charge on any atom is 0.224 e. The molecule has 154 valence electrons. The smallest absolute Gasteiger partial charge is 0.224 e. The zero-order valence-corrected chi connectivity index (χ0v) is 18.6. The van der Waals surface area contributed by atoms with E-state index in [1.165, 1.54) is 12.1 Å². The van der Waals surface area contributed by atoms with E-state index in [2.05, 4.69) is 20.6 Å². The minimum Gasteiger partial charge on any atom is -0.439 e. The lowest BCUT2D eigenvalue weighted by molar-refractivity contribution is 0.145. The fourth-order valence-electron chi connectivity index (χ4n) is 2.31. The van der Waals surface area contributed by atoms with Crippen molar-refractivity contribution in [2.45, 2.75) is 26.8 Å². The van der Waals surface area contributed by atoms with Crippen LogP contribution in [0, 0.1) is 5.82 Å². The van der Waals surface area contributed by atoms with Gasteiger partial charge in [0.05, 0.1) is 6.54 Å². The monoisotopic (exact) mass is 502 g/mol. The Balaban J connectivity index is 0.00000392. The highest BCUT2D eigenvalue weighted by Gasteiger charge is 2.07. The summed E-state index contributed by atoms with van der Waals surface area (Å²) in [5, 5.41) is 6.48. The maximum atomic E-state index is 13.4. The third kappa shape index (κ3) is 8.83.